The number of ether oxygens (including phenoxy) is 1. The van der Waals surface area contributed by atoms with Gasteiger partial charge in [0.2, 0.25) is 5.91 Å². The quantitative estimate of drug-likeness (QED) is 0.683. The van der Waals surface area contributed by atoms with Crippen molar-refractivity contribution in [2.24, 2.45) is 5.73 Å². The first-order valence-corrected chi connectivity index (χ1v) is 9.80. The summed E-state index contributed by atoms with van der Waals surface area (Å²) < 4.78 is 5.30. The minimum Gasteiger partial charge on any atom is -0.381 e. The largest absolute Gasteiger partial charge is 0.381 e. The average molecular weight is 389 g/mol. The summed E-state index contributed by atoms with van der Waals surface area (Å²) in [5.41, 5.74) is 5.43. The maximum atomic E-state index is 12.5. The molecule has 7 nitrogen and oxygen atoms in total. The standard InChI is InChI=1S/C18H32N4O3.ClH/c19-18(8-12-25-13-9-18)16(23)20-15-6-10-22(11-7-15)17(24)21-14-4-2-1-3-5-14;/h14-15H,1-13,19H2,(H,20,23)(H,21,24);1H. The highest BCUT2D eigenvalue weighted by molar-refractivity contribution is 5.86. The number of halogens is 1. The Hall–Kier alpha value is -1.05. The molecule has 1 aliphatic carbocycles. The molecule has 150 valence electrons. The molecule has 3 amide bonds. The molecule has 2 saturated heterocycles. The second kappa shape index (κ2) is 9.76. The van der Waals surface area contributed by atoms with Gasteiger partial charge in [0.05, 0.1) is 5.54 Å². The van der Waals surface area contributed by atoms with Gasteiger partial charge in [0.1, 0.15) is 0 Å². The maximum Gasteiger partial charge on any atom is 0.317 e. The van der Waals surface area contributed by atoms with E-state index in [4.69, 9.17) is 10.5 Å². The predicted octanol–water partition coefficient (Wildman–Crippen LogP) is 1.54. The fourth-order valence-corrected chi connectivity index (χ4v) is 4.03. The lowest BCUT2D eigenvalue weighted by Gasteiger charge is -2.37. The van der Waals surface area contributed by atoms with Crippen LogP contribution in [0.3, 0.4) is 0 Å². The molecule has 0 atom stereocenters. The number of likely N-dealkylation sites (tertiary alicyclic amines) is 1. The molecule has 0 unspecified atom stereocenters. The van der Waals surface area contributed by atoms with Gasteiger partial charge in [-0.2, -0.15) is 0 Å². The molecule has 0 radical (unpaired) electrons. The number of hydrogen-bond donors (Lipinski definition) is 3. The van der Waals surface area contributed by atoms with E-state index in [0.29, 0.717) is 45.2 Å². The Labute approximate surface area is 162 Å². The van der Waals surface area contributed by atoms with Crippen molar-refractivity contribution in [3.8, 4) is 0 Å². The summed E-state index contributed by atoms with van der Waals surface area (Å²) in [7, 11) is 0. The molecular weight excluding hydrogens is 356 g/mol. The van der Waals surface area contributed by atoms with Crippen LogP contribution < -0.4 is 16.4 Å². The molecule has 8 heteroatoms. The Morgan fingerprint density at radius 3 is 2.12 bits per heavy atom. The van der Waals surface area contributed by atoms with Crippen molar-refractivity contribution in [3.63, 3.8) is 0 Å². The van der Waals surface area contributed by atoms with Gasteiger partial charge in [0, 0.05) is 38.4 Å². The van der Waals surface area contributed by atoms with Crippen molar-refractivity contribution in [2.75, 3.05) is 26.3 Å². The number of nitrogens with zero attached hydrogens (tertiary/aromatic N) is 1. The van der Waals surface area contributed by atoms with Crippen LogP contribution in [0.15, 0.2) is 0 Å². The highest BCUT2D eigenvalue weighted by Crippen LogP contribution is 2.20. The zero-order valence-corrected chi connectivity index (χ0v) is 16.3. The number of rotatable bonds is 3. The van der Waals surface area contributed by atoms with E-state index < -0.39 is 5.54 Å². The maximum absolute atomic E-state index is 12.5. The van der Waals surface area contributed by atoms with E-state index in [1.54, 1.807) is 0 Å². The highest BCUT2D eigenvalue weighted by atomic mass is 35.5. The number of nitrogens with two attached hydrogens (primary N) is 1. The van der Waals surface area contributed by atoms with Crippen molar-refractivity contribution < 1.29 is 14.3 Å². The first-order chi connectivity index (χ1) is 12.1. The van der Waals surface area contributed by atoms with Crippen molar-refractivity contribution in [3.05, 3.63) is 0 Å². The number of urea groups is 1. The normalized spacial score (nSPS) is 24.4. The van der Waals surface area contributed by atoms with E-state index >= 15 is 0 Å². The monoisotopic (exact) mass is 388 g/mol. The van der Waals surface area contributed by atoms with Crippen LogP contribution in [-0.2, 0) is 9.53 Å². The Kier molecular flexibility index (Phi) is 7.98. The van der Waals surface area contributed by atoms with Gasteiger partial charge in [-0.05, 0) is 38.5 Å². The van der Waals surface area contributed by atoms with Gasteiger partial charge >= 0.3 is 6.03 Å². The van der Waals surface area contributed by atoms with Crippen LogP contribution in [0, 0.1) is 0 Å². The molecular formula is C18H33ClN4O3. The third kappa shape index (κ3) is 5.47. The van der Waals surface area contributed by atoms with Crippen molar-refractivity contribution in [2.45, 2.75) is 75.4 Å². The summed E-state index contributed by atoms with van der Waals surface area (Å²) in [6, 6.07) is 0.496. The predicted molar refractivity (Wildman–Crippen MR) is 102 cm³/mol. The molecule has 3 rings (SSSR count). The summed E-state index contributed by atoms with van der Waals surface area (Å²) in [5, 5.41) is 6.26. The van der Waals surface area contributed by atoms with Gasteiger partial charge in [-0.15, -0.1) is 12.4 Å². The molecule has 0 bridgehead atoms. The van der Waals surface area contributed by atoms with Crippen LogP contribution in [0.4, 0.5) is 4.79 Å². The number of piperidine rings is 1. The Morgan fingerprint density at radius 1 is 0.923 bits per heavy atom. The molecule has 0 aromatic carbocycles. The van der Waals surface area contributed by atoms with Crippen molar-refractivity contribution >= 4 is 24.3 Å². The van der Waals surface area contributed by atoms with Crippen LogP contribution in [-0.4, -0.2) is 60.8 Å². The number of carbonyl (C=O) groups excluding carboxylic acids is 2. The summed E-state index contributed by atoms with van der Waals surface area (Å²) in [5.74, 6) is -0.0686. The van der Waals surface area contributed by atoms with E-state index in [2.05, 4.69) is 10.6 Å². The summed E-state index contributed by atoms with van der Waals surface area (Å²) in [4.78, 5) is 26.7. The first kappa shape index (κ1) is 21.3. The second-order valence-corrected chi connectivity index (χ2v) is 7.79. The molecule has 1 saturated carbocycles. The third-order valence-corrected chi connectivity index (χ3v) is 5.89. The lowest BCUT2D eigenvalue weighted by Crippen LogP contribution is -2.60. The van der Waals surface area contributed by atoms with Crippen LogP contribution in [0.5, 0.6) is 0 Å². The Bertz CT molecular complexity index is 471. The molecule has 0 aromatic rings. The molecule has 2 aliphatic heterocycles. The van der Waals surface area contributed by atoms with E-state index in [-0.39, 0.29) is 30.4 Å². The Morgan fingerprint density at radius 2 is 1.50 bits per heavy atom. The van der Waals surface area contributed by atoms with Crippen LogP contribution in [0.1, 0.15) is 57.8 Å². The van der Waals surface area contributed by atoms with Gasteiger partial charge in [-0.3, -0.25) is 4.79 Å². The minimum absolute atomic E-state index is 0. The van der Waals surface area contributed by atoms with Crippen LogP contribution in [0.25, 0.3) is 0 Å². The van der Waals surface area contributed by atoms with Gasteiger partial charge in [-0.25, -0.2) is 4.79 Å². The zero-order valence-electron chi connectivity index (χ0n) is 15.5. The number of amides is 3. The smallest absolute Gasteiger partial charge is 0.317 e. The van der Waals surface area contributed by atoms with Crippen LogP contribution >= 0.6 is 12.4 Å². The van der Waals surface area contributed by atoms with E-state index in [1.807, 2.05) is 4.90 Å². The van der Waals surface area contributed by atoms with Gasteiger partial charge in [0.25, 0.3) is 0 Å². The number of hydrogen-bond acceptors (Lipinski definition) is 4. The highest BCUT2D eigenvalue weighted by Gasteiger charge is 2.37. The van der Waals surface area contributed by atoms with Crippen molar-refractivity contribution in [1.29, 1.82) is 0 Å². The van der Waals surface area contributed by atoms with E-state index in [1.165, 1.54) is 19.3 Å². The lowest BCUT2D eigenvalue weighted by atomic mass is 9.89. The fraction of sp³-hybridized carbons (Fsp3) is 0.889. The molecule has 4 N–H and O–H groups in total. The molecule has 26 heavy (non-hydrogen) atoms. The Balaban J connectivity index is 0.00000243. The first-order valence-electron chi connectivity index (χ1n) is 9.80. The fourth-order valence-electron chi connectivity index (χ4n) is 4.03. The van der Waals surface area contributed by atoms with Crippen molar-refractivity contribution in [1.82, 2.24) is 15.5 Å². The lowest BCUT2D eigenvalue weighted by molar-refractivity contribution is -0.130. The summed E-state index contributed by atoms with van der Waals surface area (Å²) >= 11 is 0. The zero-order chi connectivity index (χ0) is 17.7. The topological polar surface area (TPSA) is 96.7 Å². The SMILES string of the molecule is Cl.NC1(C(=O)NC2CCN(C(=O)NC3CCCCC3)CC2)CCOCC1. The van der Waals surface area contributed by atoms with E-state index in [9.17, 15) is 9.59 Å². The molecule has 0 aromatic heterocycles. The molecule has 3 aliphatic rings. The number of carbonyl (C=O) groups is 2. The van der Waals surface area contributed by atoms with Gasteiger partial charge in [-0.1, -0.05) is 19.3 Å². The third-order valence-electron chi connectivity index (χ3n) is 5.89. The molecule has 2 heterocycles. The van der Waals surface area contributed by atoms with Gasteiger partial charge in [0.15, 0.2) is 0 Å². The second-order valence-electron chi connectivity index (χ2n) is 7.79. The van der Waals surface area contributed by atoms with Crippen LogP contribution in [0.2, 0.25) is 0 Å². The summed E-state index contributed by atoms with van der Waals surface area (Å²) in [6.07, 6.45) is 8.62. The minimum atomic E-state index is -0.798. The van der Waals surface area contributed by atoms with Gasteiger partial charge < -0.3 is 26.0 Å². The van der Waals surface area contributed by atoms with E-state index in [0.717, 1.165) is 25.7 Å². The molecule has 0 spiro atoms. The number of nitrogens with one attached hydrogen (secondary N) is 2. The summed E-state index contributed by atoms with van der Waals surface area (Å²) in [6.45, 7) is 2.46. The average Bonchev–Trinajstić information content (AvgIpc) is 2.64. The molecule has 3 fully saturated rings.